The van der Waals surface area contributed by atoms with E-state index in [4.69, 9.17) is 28.9 Å². The van der Waals surface area contributed by atoms with E-state index in [0.29, 0.717) is 5.69 Å². The minimum absolute atomic E-state index is 0.108. The van der Waals surface area contributed by atoms with E-state index in [-0.39, 0.29) is 27.0 Å². The molecule has 2 rings (SSSR count). The number of nitrogen functional groups attached to an aromatic ring is 1. The second-order valence-corrected chi connectivity index (χ2v) is 5.12. The molecule has 6 heteroatoms. The number of aryl methyl sites for hydroxylation is 1. The fraction of sp³-hybridized carbons (Fsp3) is 0.0714. The largest absolute Gasteiger partial charge is 0.508 e. The van der Waals surface area contributed by atoms with E-state index in [1.165, 1.54) is 18.2 Å². The average molecular weight is 311 g/mol. The van der Waals surface area contributed by atoms with Crippen LogP contribution in [0.5, 0.6) is 5.75 Å². The molecular weight excluding hydrogens is 299 g/mol. The number of amides is 1. The van der Waals surface area contributed by atoms with Crippen molar-refractivity contribution in [2.24, 2.45) is 0 Å². The molecule has 0 atom stereocenters. The number of carbonyl (C=O) groups excluding carboxylic acids is 1. The lowest BCUT2D eigenvalue weighted by Gasteiger charge is -2.09. The van der Waals surface area contributed by atoms with E-state index in [1.807, 2.05) is 0 Å². The maximum Gasteiger partial charge on any atom is 0.255 e. The molecule has 0 aromatic heterocycles. The molecule has 104 valence electrons. The molecule has 0 unspecified atom stereocenters. The summed E-state index contributed by atoms with van der Waals surface area (Å²) >= 11 is 11.8. The summed E-state index contributed by atoms with van der Waals surface area (Å²) in [6.45, 7) is 1.76. The van der Waals surface area contributed by atoms with Gasteiger partial charge in [0.05, 0.1) is 15.7 Å². The van der Waals surface area contributed by atoms with Gasteiger partial charge in [-0.2, -0.15) is 0 Å². The minimum Gasteiger partial charge on any atom is -0.508 e. The molecule has 1 amide bonds. The Kier molecular flexibility index (Phi) is 4.06. The van der Waals surface area contributed by atoms with Crippen molar-refractivity contribution in [3.63, 3.8) is 0 Å². The van der Waals surface area contributed by atoms with Crippen molar-refractivity contribution in [2.75, 3.05) is 11.1 Å². The second kappa shape index (κ2) is 5.61. The third-order valence-corrected chi connectivity index (χ3v) is 3.43. The number of aromatic hydroxyl groups is 1. The van der Waals surface area contributed by atoms with Gasteiger partial charge in [-0.05, 0) is 30.7 Å². The Morgan fingerprint density at radius 2 is 1.80 bits per heavy atom. The van der Waals surface area contributed by atoms with Crippen LogP contribution in [0.2, 0.25) is 10.0 Å². The maximum absolute atomic E-state index is 12.1. The van der Waals surface area contributed by atoms with E-state index >= 15 is 0 Å². The van der Waals surface area contributed by atoms with E-state index in [9.17, 15) is 9.90 Å². The fourth-order valence-corrected chi connectivity index (χ4v) is 2.09. The summed E-state index contributed by atoms with van der Waals surface area (Å²) in [6, 6.07) is 7.73. The SMILES string of the molecule is Cc1ccc(NC(=O)c2cc(Cl)c(N)c(Cl)c2)cc1O. The lowest BCUT2D eigenvalue weighted by Crippen LogP contribution is -2.12. The topological polar surface area (TPSA) is 75.4 Å². The van der Waals surface area contributed by atoms with Gasteiger partial charge in [-0.15, -0.1) is 0 Å². The molecule has 0 saturated heterocycles. The van der Waals surface area contributed by atoms with Gasteiger partial charge < -0.3 is 16.2 Å². The summed E-state index contributed by atoms with van der Waals surface area (Å²) in [5.74, 6) is -0.284. The first-order valence-electron chi connectivity index (χ1n) is 5.74. The van der Waals surface area contributed by atoms with Gasteiger partial charge in [-0.1, -0.05) is 29.3 Å². The molecule has 4 N–H and O–H groups in total. The van der Waals surface area contributed by atoms with Gasteiger partial charge in [0, 0.05) is 17.3 Å². The van der Waals surface area contributed by atoms with Crippen molar-refractivity contribution in [3.05, 3.63) is 51.5 Å². The summed E-state index contributed by atoms with van der Waals surface area (Å²) in [4.78, 5) is 12.1. The average Bonchev–Trinajstić information content (AvgIpc) is 2.39. The van der Waals surface area contributed by atoms with Crippen LogP contribution < -0.4 is 11.1 Å². The Morgan fingerprint density at radius 3 is 2.35 bits per heavy atom. The summed E-state index contributed by atoms with van der Waals surface area (Å²) < 4.78 is 0. The van der Waals surface area contributed by atoms with E-state index < -0.39 is 5.91 Å². The zero-order valence-electron chi connectivity index (χ0n) is 10.6. The number of rotatable bonds is 2. The standard InChI is InChI=1S/C14H12Cl2N2O2/c1-7-2-3-9(6-12(7)19)18-14(20)8-4-10(15)13(17)11(16)5-8/h2-6,19H,17H2,1H3,(H,18,20). The number of phenolic OH excluding ortho intramolecular Hbond substituents is 1. The Hall–Kier alpha value is -1.91. The van der Waals surface area contributed by atoms with Gasteiger partial charge in [0.1, 0.15) is 5.75 Å². The molecule has 0 bridgehead atoms. The molecule has 0 aliphatic carbocycles. The first kappa shape index (κ1) is 14.5. The van der Waals surface area contributed by atoms with Crippen LogP contribution in [0, 0.1) is 6.92 Å². The van der Waals surface area contributed by atoms with Crippen LogP contribution in [0.1, 0.15) is 15.9 Å². The van der Waals surface area contributed by atoms with Crippen LogP contribution in [-0.4, -0.2) is 11.0 Å². The first-order chi connectivity index (χ1) is 9.38. The van der Waals surface area contributed by atoms with Crippen LogP contribution in [0.3, 0.4) is 0 Å². The van der Waals surface area contributed by atoms with E-state index in [2.05, 4.69) is 5.32 Å². The van der Waals surface area contributed by atoms with Crippen LogP contribution >= 0.6 is 23.2 Å². The summed E-state index contributed by atoms with van der Waals surface area (Å²) in [6.07, 6.45) is 0. The zero-order valence-corrected chi connectivity index (χ0v) is 12.1. The van der Waals surface area contributed by atoms with Crippen molar-refractivity contribution in [2.45, 2.75) is 6.92 Å². The molecule has 2 aromatic carbocycles. The number of benzene rings is 2. The predicted molar refractivity (Wildman–Crippen MR) is 81.7 cm³/mol. The Labute approximate surface area is 126 Å². The summed E-state index contributed by atoms with van der Waals surface area (Å²) in [5.41, 5.74) is 7.33. The Morgan fingerprint density at radius 1 is 1.20 bits per heavy atom. The highest BCUT2D eigenvalue weighted by molar-refractivity contribution is 6.39. The Balaban J connectivity index is 2.26. The minimum atomic E-state index is -0.392. The van der Waals surface area contributed by atoms with E-state index in [0.717, 1.165) is 5.56 Å². The molecule has 0 heterocycles. The maximum atomic E-state index is 12.1. The van der Waals surface area contributed by atoms with Crippen LogP contribution in [0.4, 0.5) is 11.4 Å². The molecule has 0 aliphatic heterocycles. The van der Waals surface area contributed by atoms with Crippen molar-refractivity contribution in [1.29, 1.82) is 0 Å². The molecule has 0 aliphatic rings. The number of phenols is 1. The van der Waals surface area contributed by atoms with Gasteiger partial charge in [-0.3, -0.25) is 4.79 Å². The normalized spacial score (nSPS) is 10.3. The van der Waals surface area contributed by atoms with Gasteiger partial charge in [0.15, 0.2) is 0 Å². The van der Waals surface area contributed by atoms with Gasteiger partial charge in [0.25, 0.3) is 5.91 Å². The highest BCUT2D eigenvalue weighted by Crippen LogP contribution is 2.29. The molecule has 0 radical (unpaired) electrons. The fourth-order valence-electron chi connectivity index (χ4n) is 1.61. The molecule has 4 nitrogen and oxygen atoms in total. The lowest BCUT2D eigenvalue weighted by atomic mass is 10.1. The van der Waals surface area contributed by atoms with Crippen molar-refractivity contribution in [3.8, 4) is 5.75 Å². The Bertz CT molecular complexity index is 664. The van der Waals surface area contributed by atoms with E-state index in [1.54, 1.807) is 19.1 Å². The zero-order chi connectivity index (χ0) is 14.9. The number of halogens is 2. The number of hydrogen-bond donors (Lipinski definition) is 3. The highest BCUT2D eigenvalue weighted by atomic mass is 35.5. The highest BCUT2D eigenvalue weighted by Gasteiger charge is 2.12. The number of nitrogens with two attached hydrogens (primary N) is 1. The summed E-state index contributed by atoms with van der Waals surface area (Å²) in [5, 5.41) is 12.7. The molecule has 0 spiro atoms. The van der Waals surface area contributed by atoms with Crippen molar-refractivity contribution >= 4 is 40.5 Å². The molecule has 0 fully saturated rings. The monoisotopic (exact) mass is 310 g/mol. The van der Waals surface area contributed by atoms with Gasteiger partial charge in [0.2, 0.25) is 0 Å². The smallest absolute Gasteiger partial charge is 0.255 e. The first-order valence-corrected chi connectivity index (χ1v) is 6.49. The number of hydrogen-bond acceptors (Lipinski definition) is 3. The molecule has 0 saturated carbocycles. The van der Waals surface area contributed by atoms with Gasteiger partial charge in [-0.25, -0.2) is 0 Å². The summed E-state index contributed by atoms with van der Waals surface area (Å²) in [7, 11) is 0. The van der Waals surface area contributed by atoms with Crippen LogP contribution in [-0.2, 0) is 0 Å². The van der Waals surface area contributed by atoms with Crippen molar-refractivity contribution in [1.82, 2.24) is 0 Å². The third kappa shape index (κ3) is 2.98. The third-order valence-electron chi connectivity index (χ3n) is 2.81. The molecular formula is C14H12Cl2N2O2. The molecule has 20 heavy (non-hydrogen) atoms. The lowest BCUT2D eigenvalue weighted by molar-refractivity contribution is 0.102. The quantitative estimate of drug-likeness (QED) is 0.738. The van der Waals surface area contributed by atoms with Crippen LogP contribution in [0.15, 0.2) is 30.3 Å². The second-order valence-electron chi connectivity index (χ2n) is 4.31. The van der Waals surface area contributed by atoms with Crippen LogP contribution in [0.25, 0.3) is 0 Å². The number of anilines is 2. The predicted octanol–water partition coefficient (Wildman–Crippen LogP) is 3.84. The molecule has 2 aromatic rings. The van der Waals surface area contributed by atoms with Crippen molar-refractivity contribution < 1.29 is 9.90 Å². The van der Waals surface area contributed by atoms with Gasteiger partial charge >= 0.3 is 0 Å². The number of nitrogens with one attached hydrogen (secondary N) is 1. The number of carbonyl (C=O) groups is 1.